The van der Waals surface area contributed by atoms with E-state index in [2.05, 4.69) is 20.3 Å². The number of carbonyl (C=O) groups is 1. The summed E-state index contributed by atoms with van der Waals surface area (Å²) in [5.41, 5.74) is 3.54. The zero-order chi connectivity index (χ0) is 23.4. The third-order valence-electron chi connectivity index (χ3n) is 5.18. The molecule has 0 aliphatic heterocycles. The number of aryl methyl sites for hydroxylation is 2. The van der Waals surface area contributed by atoms with E-state index < -0.39 is 0 Å². The quantitative estimate of drug-likeness (QED) is 0.450. The molecule has 0 aliphatic carbocycles. The predicted octanol–water partition coefficient (Wildman–Crippen LogP) is 4.57. The molecular weight excluding hydrogens is 418 g/mol. The van der Waals surface area contributed by atoms with Crippen molar-refractivity contribution in [2.24, 2.45) is 0 Å². The lowest BCUT2D eigenvalue weighted by molar-refractivity contribution is -0.115. The van der Waals surface area contributed by atoms with E-state index in [0.29, 0.717) is 29.0 Å². The van der Waals surface area contributed by atoms with Gasteiger partial charge in [-0.15, -0.1) is 0 Å². The van der Waals surface area contributed by atoms with Crippen LogP contribution in [-0.2, 0) is 11.2 Å². The molecule has 0 unspecified atom stereocenters. The van der Waals surface area contributed by atoms with Gasteiger partial charge in [-0.3, -0.25) is 9.36 Å². The van der Waals surface area contributed by atoms with Gasteiger partial charge in [0, 0.05) is 17.4 Å². The highest BCUT2D eigenvalue weighted by Crippen LogP contribution is 2.24. The number of amides is 1. The van der Waals surface area contributed by atoms with Gasteiger partial charge in [0.15, 0.2) is 0 Å². The number of methoxy groups -OCH3 is 1. The van der Waals surface area contributed by atoms with Gasteiger partial charge < -0.3 is 14.8 Å². The topological polar surface area (TPSA) is 91.2 Å². The summed E-state index contributed by atoms with van der Waals surface area (Å²) in [4.78, 5) is 25.5. The Labute approximate surface area is 192 Å². The fraction of sp³-hybridized carbons (Fsp3) is 0.200. The van der Waals surface area contributed by atoms with Crippen molar-refractivity contribution in [1.29, 1.82) is 0 Å². The molecule has 0 radical (unpaired) electrons. The summed E-state index contributed by atoms with van der Waals surface area (Å²) >= 11 is 0. The SMILES string of the molecule is COc1ccc(CC(=O)Nc2ccc(Oc3cc(-n4cnc(C)c4C)nc(C)n3)cc2)cc1. The van der Waals surface area contributed by atoms with Gasteiger partial charge in [-0.2, -0.15) is 4.98 Å². The molecule has 0 aliphatic rings. The molecule has 0 bridgehead atoms. The largest absolute Gasteiger partial charge is 0.497 e. The van der Waals surface area contributed by atoms with Crippen molar-refractivity contribution in [2.75, 3.05) is 12.4 Å². The van der Waals surface area contributed by atoms with E-state index in [0.717, 1.165) is 22.7 Å². The Balaban J connectivity index is 1.41. The van der Waals surface area contributed by atoms with E-state index >= 15 is 0 Å². The summed E-state index contributed by atoms with van der Waals surface area (Å²) in [5, 5.41) is 2.90. The second kappa shape index (κ2) is 9.52. The molecule has 1 N–H and O–H groups in total. The van der Waals surface area contributed by atoms with E-state index in [9.17, 15) is 4.79 Å². The summed E-state index contributed by atoms with van der Waals surface area (Å²) in [6.07, 6.45) is 2.01. The molecule has 168 valence electrons. The number of carbonyl (C=O) groups excluding carboxylic acids is 1. The van der Waals surface area contributed by atoms with Crippen molar-refractivity contribution >= 4 is 11.6 Å². The van der Waals surface area contributed by atoms with Crippen LogP contribution in [-0.4, -0.2) is 32.5 Å². The van der Waals surface area contributed by atoms with E-state index in [1.807, 2.05) is 49.6 Å². The minimum absolute atomic E-state index is 0.101. The predicted molar refractivity (Wildman–Crippen MR) is 125 cm³/mol. The first-order chi connectivity index (χ1) is 15.9. The lowest BCUT2D eigenvalue weighted by atomic mass is 10.1. The highest BCUT2D eigenvalue weighted by Gasteiger charge is 2.10. The first-order valence-electron chi connectivity index (χ1n) is 10.5. The fourth-order valence-corrected chi connectivity index (χ4v) is 3.29. The van der Waals surface area contributed by atoms with E-state index in [1.54, 1.807) is 43.8 Å². The lowest BCUT2D eigenvalue weighted by Gasteiger charge is -2.10. The molecule has 4 aromatic rings. The second-order valence-electron chi connectivity index (χ2n) is 7.60. The first kappa shape index (κ1) is 22.0. The van der Waals surface area contributed by atoms with Crippen LogP contribution in [0.25, 0.3) is 5.82 Å². The van der Waals surface area contributed by atoms with Crippen LogP contribution in [0.3, 0.4) is 0 Å². The third-order valence-corrected chi connectivity index (χ3v) is 5.18. The Hall–Kier alpha value is -4.20. The molecule has 4 rings (SSSR count). The molecule has 2 heterocycles. The van der Waals surface area contributed by atoms with Gasteiger partial charge in [0.05, 0.1) is 19.2 Å². The van der Waals surface area contributed by atoms with Crippen molar-refractivity contribution in [3.05, 3.63) is 83.7 Å². The number of hydrogen-bond acceptors (Lipinski definition) is 6. The molecular formula is C25H25N5O3. The zero-order valence-electron chi connectivity index (χ0n) is 19.0. The average Bonchev–Trinajstić information content (AvgIpc) is 3.13. The number of ether oxygens (including phenoxy) is 2. The molecule has 0 spiro atoms. The number of nitrogens with one attached hydrogen (secondary N) is 1. The zero-order valence-corrected chi connectivity index (χ0v) is 19.0. The number of anilines is 1. The maximum Gasteiger partial charge on any atom is 0.228 e. The molecule has 0 fully saturated rings. The Bertz CT molecular complexity index is 1260. The van der Waals surface area contributed by atoms with Crippen LogP contribution < -0.4 is 14.8 Å². The molecule has 2 aromatic carbocycles. The van der Waals surface area contributed by atoms with Crippen molar-refractivity contribution in [2.45, 2.75) is 27.2 Å². The molecule has 0 saturated heterocycles. The number of benzene rings is 2. The third kappa shape index (κ3) is 5.35. The van der Waals surface area contributed by atoms with E-state index in [1.165, 1.54) is 0 Å². The Morgan fingerprint density at radius 2 is 1.67 bits per heavy atom. The van der Waals surface area contributed by atoms with Crippen LogP contribution in [0.15, 0.2) is 60.9 Å². The van der Waals surface area contributed by atoms with Gasteiger partial charge in [0.1, 0.15) is 29.5 Å². The number of rotatable bonds is 7. The monoisotopic (exact) mass is 443 g/mol. The molecule has 1 amide bonds. The Morgan fingerprint density at radius 3 is 2.30 bits per heavy atom. The minimum Gasteiger partial charge on any atom is -0.497 e. The fourth-order valence-electron chi connectivity index (χ4n) is 3.29. The number of imidazole rings is 1. The molecule has 33 heavy (non-hydrogen) atoms. The van der Waals surface area contributed by atoms with E-state index in [4.69, 9.17) is 9.47 Å². The maximum absolute atomic E-state index is 12.4. The summed E-state index contributed by atoms with van der Waals surface area (Å²) in [5.74, 6) is 2.98. The summed E-state index contributed by atoms with van der Waals surface area (Å²) < 4.78 is 13.0. The first-order valence-corrected chi connectivity index (χ1v) is 10.5. The Morgan fingerprint density at radius 1 is 0.970 bits per heavy atom. The van der Waals surface area contributed by atoms with Gasteiger partial charge in [0.25, 0.3) is 0 Å². The van der Waals surface area contributed by atoms with Crippen molar-refractivity contribution in [1.82, 2.24) is 19.5 Å². The van der Waals surface area contributed by atoms with Crippen LogP contribution >= 0.6 is 0 Å². The smallest absolute Gasteiger partial charge is 0.228 e. The van der Waals surface area contributed by atoms with Gasteiger partial charge in [-0.25, -0.2) is 9.97 Å². The highest BCUT2D eigenvalue weighted by atomic mass is 16.5. The van der Waals surface area contributed by atoms with Gasteiger partial charge in [0.2, 0.25) is 11.8 Å². The standard InChI is InChI=1S/C25H25N5O3/c1-16-17(2)30(15-26-16)23-14-25(28-18(3)27-23)33-22-11-7-20(8-12-22)29-24(31)13-19-5-9-21(32-4)10-6-19/h5-12,14-15H,13H2,1-4H3,(H,29,31). The summed E-state index contributed by atoms with van der Waals surface area (Å²) in [6.45, 7) is 5.76. The van der Waals surface area contributed by atoms with Crippen LogP contribution in [0.2, 0.25) is 0 Å². The number of aromatic nitrogens is 4. The van der Waals surface area contributed by atoms with Crippen molar-refractivity contribution < 1.29 is 14.3 Å². The molecule has 8 heteroatoms. The summed E-state index contributed by atoms with van der Waals surface area (Å²) in [7, 11) is 1.61. The lowest BCUT2D eigenvalue weighted by Crippen LogP contribution is -2.14. The van der Waals surface area contributed by atoms with Crippen LogP contribution in [0.4, 0.5) is 5.69 Å². The summed E-state index contributed by atoms with van der Waals surface area (Å²) in [6, 6.07) is 16.3. The number of nitrogens with zero attached hydrogens (tertiary/aromatic N) is 4. The highest BCUT2D eigenvalue weighted by molar-refractivity contribution is 5.92. The maximum atomic E-state index is 12.4. The average molecular weight is 444 g/mol. The number of hydrogen-bond donors (Lipinski definition) is 1. The van der Waals surface area contributed by atoms with Gasteiger partial charge in [-0.1, -0.05) is 12.1 Å². The molecule has 8 nitrogen and oxygen atoms in total. The minimum atomic E-state index is -0.101. The normalized spacial score (nSPS) is 10.7. The van der Waals surface area contributed by atoms with Gasteiger partial charge >= 0.3 is 0 Å². The van der Waals surface area contributed by atoms with Crippen LogP contribution in [0, 0.1) is 20.8 Å². The molecule has 2 aromatic heterocycles. The molecule has 0 saturated carbocycles. The second-order valence-corrected chi connectivity index (χ2v) is 7.60. The molecule has 0 atom stereocenters. The van der Waals surface area contributed by atoms with Crippen molar-refractivity contribution in [3.63, 3.8) is 0 Å². The van der Waals surface area contributed by atoms with Crippen molar-refractivity contribution in [3.8, 4) is 23.2 Å². The van der Waals surface area contributed by atoms with Crippen LogP contribution in [0.5, 0.6) is 17.4 Å². The van der Waals surface area contributed by atoms with Gasteiger partial charge in [-0.05, 0) is 62.7 Å². The van der Waals surface area contributed by atoms with Crippen LogP contribution in [0.1, 0.15) is 22.8 Å². The Kier molecular flexibility index (Phi) is 6.35. The van der Waals surface area contributed by atoms with E-state index in [-0.39, 0.29) is 12.3 Å².